The van der Waals surface area contributed by atoms with Crippen molar-refractivity contribution in [2.45, 2.75) is 19.9 Å². The highest BCUT2D eigenvalue weighted by Gasteiger charge is 2.09. The molecule has 0 spiro atoms. The van der Waals surface area contributed by atoms with E-state index in [1.165, 1.54) is 11.1 Å². The monoisotopic (exact) mass is 227 g/mol. The van der Waals surface area contributed by atoms with E-state index in [-0.39, 0.29) is 6.04 Å². The van der Waals surface area contributed by atoms with Crippen LogP contribution in [-0.2, 0) is 0 Å². The Morgan fingerprint density at radius 3 is 1.35 bits per heavy atom. The van der Waals surface area contributed by atoms with Crippen molar-refractivity contribution in [3.8, 4) is 0 Å². The lowest BCUT2D eigenvalue weighted by atomic mass is 9.99. The standard InChI is InChI=1S/C14H15N.C2H6/c1-15-14(12-8-4-2-5-9-12)13-10-6-3-7-11-13;1-2/h2-11,14-15H,1H3;1-2H3. The zero-order chi connectivity index (χ0) is 12.5. The Morgan fingerprint density at radius 1 is 0.706 bits per heavy atom. The Hall–Kier alpha value is -1.60. The molecule has 0 aliphatic rings. The van der Waals surface area contributed by atoms with Crippen molar-refractivity contribution < 1.29 is 0 Å². The van der Waals surface area contributed by atoms with Crippen LogP contribution in [0.2, 0.25) is 0 Å². The van der Waals surface area contributed by atoms with E-state index in [9.17, 15) is 0 Å². The minimum Gasteiger partial charge on any atom is -0.309 e. The largest absolute Gasteiger partial charge is 0.309 e. The van der Waals surface area contributed by atoms with E-state index in [4.69, 9.17) is 0 Å². The summed E-state index contributed by atoms with van der Waals surface area (Å²) in [6.45, 7) is 4.00. The number of rotatable bonds is 3. The fourth-order valence-corrected chi connectivity index (χ4v) is 1.82. The maximum atomic E-state index is 3.33. The Balaban J connectivity index is 0.000000686. The summed E-state index contributed by atoms with van der Waals surface area (Å²) in [7, 11) is 1.99. The first kappa shape index (κ1) is 13.5. The second-order valence-electron chi connectivity index (χ2n) is 3.54. The summed E-state index contributed by atoms with van der Waals surface area (Å²) in [5, 5.41) is 3.33. The molecule has 1 heteroatoms. The lowest BCUT2D eigenvalue weighted by molar-refractivity contribution is 0.692. The zero-order valence-electron chi connectivity index (χ0n) is 10.9. The van der Waals surface area contributed by atoms with Gasteiger partial charge in [0.2, 0.25) is 0 Å². The van der Waals surface area contributed by atoms with Crippen LogP contribution in [-0.4, -0.2) is 7.05 Å². The Labute approximate surface area is 105 Å². The predicted octanol–water partition coefficient (Wildman–Crippen LogP) is 4.02. The van der Waals surface area contributed by atoms with Gasteiger partial charge >= 0.3 is 0 Å². The first-order valence-electron chi connectivity index (χ1n) is 6.19. The molecule has 1 N–H and O–H groups in total. The average molecular weight is 227 g/mol. The van der Waals surface area contributed by atoms with Crippen LogP contribution >= 0.6 is 0 Å². The van der Waals surface area contributed by atoms with E-state index in [1.807, 2.05) is 33.0 Å². The first-order chi connectivity index (χ1) is 8.42. The van der Waals surface area contributed by atoms with Crippen LogP contribution in [0.1, 0.15) is 31.0 Å². The summed E-state index contributed by atoms with van der Waals surface area (Å²) in [6, 6.07) is 21.2. The third-order valence-electron chi connectivity index (χ3n) is 2.55. The van der Waals surface area contributed by atoms with Gasteiger partial charge < -0.3 is 5.32 Å². The van der Waals surface area contributed by atoms with Gasteiger partial charge in [-0.3, -0.25) is 0 Å². The van der Waals surface area contributed by atoms with Crippen molar-refractivity contribution in [2.75, 3.05) is 7.05 Å². The quantitative estimate of drug-likeness (QED) is 0.835. The molecule has 0 saturated heterocycles. The molecule has 1 nitrogen and oxygen atoms in total. The second-order valence-corrected chi connectivity index (χ2v) is 3.54. The summed E-state index contributed by atoms with van der Waals surface area (Å²) in [6.07, 6.45) is 0. The fraction of sp³-hybridized carbons (Fsp3) is 0.250. The molecule has 0 saturated carbocycles. The highest BCUT2D eigenvalue weighted by molar-refractivity contribution is 5.31. The van der Waals surface area contributed by atoms with Gasteiger partial charge in [0.05, 0.1) is 6.04 Å². The summed E-state index contributed by atoms with van der Waals surface area (Å²) in [5.41, 5.74) is 2.59. The van der Waals surface area contributed by atoms with E-state index in [0.29, 0.717) is 0 Å². The van der Waals surface area contributed by atoms with Gasteiger partial charge in [-0.2, -0.15) is 0 Å². The molecular weight excluding hydrogens is 206 g/mol. The van der Waals surface area contributed by atoms with E-state index < -0.39 is 0 Å². The molecule has 0 amide bonds. The highest BCUT2D eigenvalue weighted by atomic mass is 14.9. The molecule has 0 aliphatic heterocycles. The maximum Gasteiger partial charge on any atom is 0.0574 e. The minimum absolute atomic E-state index is 0.285. The van der Waals surface area contributed by atoms with Gasteiger partial charge in [0.15, 0.2) is 0 Å². The van der Waals surface area contributed by atoms with Crippen LogP contribution < -0.4 is 5.32 Å². The summed E-state index contributed by atoms with van der Waals surface area (Å²) < 4.78 is 0. The van der Waals surface area contributed by atoms with Crippen molar-refractivity contribution >= 4 is 0 Å². The molecule has 0 fully saturated rings. The molecule has 2 aromatic carbocycles. The molecule has 0 atom stereocenters. The number of nitrogens with one attached hydrogen (secondary N) is 1. The van der Waals surface area contributed by atoms with Gasteiger partial charge in [0, 0.05) is 0 Å². The SMILES string of the molecule is CC.CNC(c1ccccc1)c1ccccc1. The zero-order valence-corrected chi connectivity index (χ0v) is 10.9. The van der Waals surface area contributed by atoms with E-state index in [2.05, 4.69) is 53.8 Å². The fourth-order valence-electron chi connectivity index (χ4n) is 1.82. The van der Waals surface area contributed by atoms with Crippen LogP contribution in [0.5, 0.6) is 0 Å². The molecule has 0 aliphatic carbocycles. The summed E-state index contributed by atoms with van der Waals surface area (Å²) >= 11 is 0. The van der Waals surface area contributed by atoms with Crippen molar-refractivity contribution in [1.29, 1.82) is 0 Å². The molecule has 0 heterocycles. The van der Waals surface area contributed by atoms with Gasteiger partial charge in [-0.05, 0) is 18.2 Å². The number of hydrogen-bond donors (Lipinski definition) is 1. The molecule has 0 aromatic heterocycles. The minimum atomic E-state index is 0.285. The van der Waals surface area contributed by atoms with Gasteiger partial charge in [0.1, 0.15) is 0 Å². The van der Waals surface area contributed by atoms with Gasteiger partial charge in [-0.15, -0.1) is 0 Å². The second kappa shape index (κ2) is 7.64. The lowest BCUT2D eigenvalue weighted by Crippen LogP contribution is -2.17. The van der Waals surface area contributed by atoms with Crippen molar-refractivity contribution in [1.82, 2.24) is 5.32 Å². The molecule has 0 bridgehead atoms. The summed E-state index contributed by atoms with van der Waals surface area (Å²) in [5.74, 6) is 0. The molecule has 2 aromatic rings. The predicted molar refractivity (Wildman–Crippen MR) is 75.1 cm³/mol. The van der Waals surface area contributed by atoms with E-state index in [1.54, 1.807) is 0 Å². The maximum absolute atomic E-state index is 3.33. The Kier molecular flexibility index (Phi) is 6.05. The Morgan fingerprint density at radius 2 is 1.06 bits per heavy atom. The third-order valence-corrected chi connectivity index (χ3v) is 2.55. The van der Waals surface area contributed by atoms with Gasteiger partial charge in [0.25, 0.3) is 0 Å². The topological polar surface area (TPSA) is 12.0 Å². The normalized spacial score (nSPS) is 9.65. The van der Waals surface area contributed by atoms with Crippen molar-refractivity contribution in [3.05, 3.63) is 71.8 Å². The van der Waals surface area contributed by atoms with Crippen LogP contribution in [0.25, 0.3) is 0 Å². The van der Waals surface area contributed by atoms with Crippen molar-refractivity contribution in [3.63, 3.8) is 0 Å². The van der Waals surface area contributed by atoms with Crippen LogP contribution in [0.4, 0.5) is 0 Å². The molecule has 0 radical (unpaired) electrons. The highest BCUT2D eigenvalue weighted by Crippen LogP contribution is 2.20. The number of hydrogen-bond acceptors (Lipinski definition) is 1. The van der Waals surface area contributed by atoms with Crippen LogP contribution in [0.15, 0.2) is 60.7 Å². The first-order valence-corrected chi connectivity index (χ1v) is 6.19. The van der Waals surface area contributed by atoms with E-state index in [0.717, 1.165) is 0 Å². The molecule has 17 heavy (non-hydrogen) atoms. The Bertz CT molecular complexity index is 355. The lowest BCUT2D eigenvalue weighted by Gasteiger charge is -2.16. The van der Waals surface area contributed by atoms with Crippen LogP contribution in [0, 0.1) is 0 Å². The van der Waals surface area contributed by atoms with Crippen LogP contribution in [0.3, 0.4) is 0 Å². The van der Waals surface area contributed by atoms with Gasteiger partial charge in [-0.1, -0.05) is 74.5 Å². The summed E-state index contributed by atoms with van der Waals surface area (Å²) in [4.78, 5) is 0. The molecule has 2 rings (SSSR count). The molecule has 0 unspecified atom stereocenters. The molecule has 90 valence electrons. The molecular formula is C16H21N. The average Bonchev–Trinajstić information content (AvgIpc) is 2.44. The number of benzene rings is 2. The smallest absolute Gasteiger partial charge is 0.0574 e. The van der Waals surface area contributed by atoms with E-state index >= 15 is 0 Å². The van der Waals surface area contributed by atoms with Gasteiger partial charge in [-0.25, -0.2) is 0 Å². The van der Waals surface area contributed by atoms with Crippen molar-refractivity contribution in [2.24, 2.45) is 0 Å². The third kappa shape index (κ3) is 3.72.